The zero-order valence-electron chi connectivity index (χ0n) is 54.3. The number of unbranched alkanes of at least 4 members (excludes halogenated alkanes) is 4. The van der Waals surface area contributed by atoms with E-state index in [1.807, 2.05) is 0 Å². The van der Waals surface area contributed by atoms with E-state index < -0.39 is 132 Å². The van der Waals surface area contributed by atoms with Gasteiger partial charge in [0.05, 0.1) is 12.5 Å². The molecule has 10 amide bonds. The number of carboxylic acid groups (broad SMARTS) is 1. The summed E-state index contributed by atoms with van der Waals surface area (Å²) in [7, 11) is 2.71. The van der Waals surface area contributed by atoms with Crippen molar-refractivity contribution in [3.63, 3.8) is 0 Å². The Balaban J connectivity index is 2.55. The van der Waals surface area contributed by atoms with Crippen LogP contribution in [0.1, 0.15) is 157 Å². The first-order valence-electron chi connectivity index (χ1n) is 31.3. The number of likely N-dealkylation sites (N-methyl/N-ethyl adjacent to an activating group) is 2. The van der Waals surface area contributed by atoms with Gasteiger partial charge in [-0.2, -0.15) is 0 Å². The van der Waals surface area contributed by atoms with Crippen molar-refractivity contribution in [2.45, 2.75) is 219 Å². The van der Waals surface area contributed by atoms with Crippen molar-refractivity contribution in [1.82, 2.24) is 46.6 Å². The van der Waals surface area contributed by atoms with Crippen LogP contribution in [0, 0.1) is 17.8 Å². The number of amides is 10. The quantitative estimate of drug-likeness (QED) is 0.0220. The summed E-state index contributed by atoms with van der Waals surface area (Å²) in [6.07, 6.45) is 2.82. The number of benzene rings is 1. The Morgan fingerprint density at radius 1 is 0.622 bits per heavy atom. The molecule has 90 heavy (non-hydrogen) atoms. The molecule has 0 aliphatic carbocycles. The van der Waals surface area contributed by atoms with Crippen molar-refractivity contribution in [3.8, 4) is 0 Å². The van der Waals surface area contributed by atoms with E-state index in [0.717, 1.165) is 35.5 Å². The second-order valence-electron chi connectivity index (χ2n) is 24.2. The SMILES string of the molecule is CCCCCCCC(=O)N[C@@H](C)C(=O)N(C)[C@@H](Cc1ccccc1)C(=O)N[C@@H](CCCN=C(N)N)C(=O)N[C@@H](CC(C)C)C(=O)N1C[C@H](O)C[C@H]1C(=O)N(C)[C@@H](CC(C)C)C(=O)N[C@@H](CC(=O)O)C(=O)N[C@@H](CCCN=C(N)N)C(=O)N[C@H](C(N)=O)[C@@H](C)CC. The maximum absolute atomic E-state index is 15.0. The Bertz CT molecular complexity index is 2600. The second kappa shape index (κ2) is 39.8. The Hall–Kier alpha value is -8.11. The van der Waals surface area contributed by atoms with E-state index in [-0.39, 0.29) is 107 Å². The average molecular weight is 1270 g/mol. The molecule has 1 aromatic carbocycles. The maximum Gasteiger partial charge on any atom is 0.305 e. The lowest BCUT2D eigenvalue weighted by atomic mass is 9.97. The normalized spacial score (nSPS) is 16.7. The van der Waals surface area contributed by atoms with Gasteiger partial charge in [-0.1, -0.05) is 111 Å². The van der Waals surface area contributed by atoms with Crippen molar-refractivity contribution < 1.29 is 63.0 Å². The standard InChI is InChI=1S/C61H104N16O13/c1-11-13-14-15-19-26-48(79)69-38(8)57(88)75(9)46(31-39-22-17-16-18-23-39)56(87)71-41(24-20-27-67-60(63)64)52(83)73-44(29-35(3)4)58(89)77-34-40(78)32-47(77)59(90)76(10)45(30-36(5)6)55(86)72-43(33-49(80)81)54(85)70-42(25-21-28-68-61(65)66)53(84)74-50(51(62)82)37(7)12-2/h16-18,22-23,35-38,40-47,50,78H,11-15,19-21,24-34H2,1-10H3,(H2,62,82)(H,69,79)(H,70,85)(H,71,87)(H,72,86)(H,73,83)(H,74,84)(H,80,81)(H4,63,64,67)(H4,65,66,68)/t37-,38-,40+,41-,42-,43-,44-,45-,46-,47-,50-/m0/s1. The lowest BCUT2D eigenvalue weighted by Gasteiger charge is -2.35. The number of aliphatic carboxylic acids is 1. The number of hydrogen-bond acceptors (Lipinski definition) is 14. The Morgan fingerprint density at radius 2 is 1.13 bits per heavy atom. The molecule has 0 saturated carbocycles. The van der Waals surface area contributed by atoms with Crippen LogP contribution in [0.25, 0.3) is 0 Å². The number of primary amides is 1. The van der Waals surface area contributed by atoms with E-state index in [1.54, 1.807) is 71.9 Å². The molecule has 1 saturated heterocycles. The molecule has 0 radical (unpaired) electrons. The van der Waals surface area contributed by atoms with Gasteiger partial charge in [0.15, 0.2) is 11.9 Å². The number of guanidine groups is 2. The molecule has 1 heterocycles. The molecule has 506 valence electrons. The maximum atomic E-state index is 15.0. The lowest BCUT2D eigenvalue weighted by Crippen LogP contribution is -2.61. The Morgan fingerprint density at radius 3 is 1.66 bits per heavy atom. The monoisotopic (exact) mass is 1270 g/mol. The molecule has 1 aliphatic heterocycles. The number of nitrogens with zero attached hydrogens (tertiary/aromatic N) is 5. The highest BCUT2D eigenvalue weighted by Crippen LogP contribution is 2.25. The third kappa shape index (κ3) is 27.3. The number of carbonyl (C=O) groups excluding carboxylic acids is 10. The van der Waals surface area contributed by atoms with Crippen molar-refractivity contribution in [2.24, 2.45) is 56.4 Å². The van der Waals surface area contributed by atoms with Crippen molar-refractivity contribution in [2.75, 3.05) is 33.7 Å². The zero-order chi connectivity index (χ0) is 67.9. The third-order valence-corrected chi connectivity index (χ3v) is 15.6. The van der Waals surface area contributed by atoms with Gasteiger partial charge in [-0.25, -0.2) is 0 Å². The molecule has 1 aliphatic rings. The lowest BCUT2D eigenvalue weighted by molar-refractivity contribution is -0.149. The van der Waals surface area contributed by atoms with E-state index in [9.17, 15) is 63.0 Å². The summed E-state index contributed by atoms with van der Waals surface area (Å²) in [5, 5.41) is 37.0. The Kier molecular flexibility index (Phi) is 34.5. The van der Waals surface area contributed by atoms with Crippen LogP contribution in [-0.4, -0.2) is 196 Å². The molecular weight excluding hydrogens is 1160 g/mol. The second-order valence-corrected chi connectivity index (χ2v) is 24.2. The average Bonchev–Trinajstić information content (AvgIpc) is 1.62. The predicted molar refractivity (Wildman–Crippen MR) is 340 cm³/mol. The molecule has 1 fully saturated rings. The molecule has 0 bridgehead atoms. The third-order valence-electron chi connectivity index (χ3n) is 15.6. The number of rotatable bonds is 41. The fourth-order valence-corrected chi connectivity index (χ4v) is 10.4. The number of nitrogens with two attached hydrogens (primary N) is 5. The number of hydrogen-bond donors (Lipinski definition) is 13. The van der Waals surface area contributed by atoms with E-state index >= 15 is 0 Å². The van der Waals surface area contributed by atoms with Crippen LogP contribution >= 0.6 is 0 Å². The van der Waals surface area contributed by atoms with E-state index in [1.165, 1.54) is 25.9 Å². The number of likely N-dealkylation sites (tertiary alicyclic amines) is 1. The summed E-state index contributed by atoms with van der Waals surface area (Å²) in [6.45, 7) is 13.9. The van der Waals surface area contributed by atoms with E-state index in [4.69, 9.17) is 28.7 Å². The van der Waals surface area contributed by atoms with Crippen LogP contribution in [0.3, 0.4) is 0 Å². The molecule has 18 N–H and O–H groups in total. The van der Waals surface area contributed by atoms with Crippen molar-refractivity contribution in [1.29, 1.82) is 0 Å². The van der Waals surface area contributed by atoms with Gasteiger partial charge in [0, 0.05) is 53.0 Å². The largest absolute Gasteiger partial charge is 0.481 e. The number of nitrogens with one attached hydrogen (secondary N) is 6. The summed E-state index contributed by atoms with van der Waals surface area (Å²) >= 11 is 0. The van der Waals surface area contributed by atoms with Crippen LogP contribution in [0.2, 0.25) is 0 Å². The van der Waals surface area contributed by atoms with Gasteiger partial charge in [-0.15, -0.1) is 0 Å². The topological polar surface area (TPSA) is 465 Å². The van der Waals surface area contributed by atoms with Crippen LogP contribution in [0.15, 0.2) is 40.3 Å². The van der Waals surface area contributed by atoms with Gasteiger partial charge in [0.1, 0.15) is 54.4 Å². The van der Waals surface area contributed by atoms with Crippen LogP contribution < -0.4 is 60.6 Å². The smallest absolute Gasteiger partial charge is 0.305 e. The number of aliphatic hydroxyl groups is 1. The van der Waals surface area contributed by atoms with Gasteiger partial charge in [0.25, 0.3) is 0 Å². The number of aliphatic imine (C=N–C) groups is 2. The molecule has 11 atom stereocenters. The van der Waals surface area contributed by atoms with Crippen LogP contribution in [0.4, 0.5) is 0 Å². The van der Waals surface area contributed by atoms with Crippen LogP contribution in [-0.2, 0) is 59.2 Å². The Labute approximate surface area is 529 Å². The molecule has 2 rings (SSSR count). The summed E-state index contributed by atoms with van der Waals surface area (Å²) in [6, 6.07) is -3.28. The molecule has 0 unspecified atom stereocenters. The first-order valence-corrected chi connectivity index (χ1v) is 31.3. The molecule has 29 nitrogen and oxygen atoms in total. The summed E-state index contributed by atoms with van der Waals surface area (Å²) in [4.78, 5) is 164. The predicted octanol–water partition coefficient (Wildman–Crippen LogP) is -0.660. The van der Waals surface area contributed by atoms with Crippen LogP contribution in [0.5, 0.6) is 0 Å². The number of aliphatic hydroxyl groups excluding tert-OH is 1. The van der Waals surface area contributed by atoms with Gasteiger partial charge in [-0.3, -0.25) is 62.7 Å². The minimum absolute atomic E-state index is 0.00654. The van der Waals surface area contributed by atoms with Gasteiger partial charge >= 0.3 is 5.97 Å². The zero-order valence-corrected chi connectivity index (χ0v) is 54.3. The summed E-state index contributed by atoms with van der Waals surface area (Å²) < 4.78 is 0. The van der Waals surface area contributed by atoms with Gasteiger partial charge in [-0.05, 0) is 75.2 Å². The highest BCUT2D eigenvalue weighted by atomic mass is 16.4. The van der Waals surface area contributed by atoms with E-state index in [2.05, 4.69) is 48.8 Å². The number of β-amino-alcohol motifs (C(OH)–C–C–N with tert-alkyl or cyclic N) is 1. The number of carboxylic acids is 1. The van der Waals surface area contributed by atoms with Gasteiger partial charge in [0.2, 0.25) is 59.1 Å². The highest BCUT2D eigenvalue weighted by molar-refractivity contribution is 5.99. The fraction of sp³-hybridized carbons (Fsp3) is 0.689. The van der Waals surface area contributed by atoms with Gasteiger partial charge < -0.3 is 85.5 Å². The fourth-order valence-electron chi connectivity index (χ4n) is 10.4. The molecule has 0 spiro atoms. The number of carbonyl (C=O) groups is 11. The minimum atomic E-state index is -1.83. The molecular formula is C61H104N16O13. The summed E-state index contributed by atoms with van der Waals surface area (Å²) in [5.41, 5.74) is 28.4. The molecule has 29 heteroatoms. The van der Waals surface area contributed by atoms with Crippen molar-refractivity contribution >= 4 is 77.0 Å². The summed E-state index contributed by atoms with van der Waals surface area (Å²) in [5.74, 6) is -10.7. The molecule has 1 aromatic rings. The first-order chi connectivity index (χ1) is 42.3. The molecule has 0 aromatic heterocycles. The highest BCUT2D eigenvalue weighted by Gasteiger charge is 2.45. The van der Waals surface area contributed by atoms with E-state index in [0.29, 0.717) is 18.4 Å². The van der Waals surface area contributed by atoms with Crippen molar-refractivity contribution in [3.05, 3.63) is 35.9 Å². The minimum Gasteiger partial charge on any atom is -0.481 e. The first kappa shape index (κ1) is 78.0.